The number of rotatable bonds is 7. The first-order valence-corrected chi connectivity index (χ1v) is 11.1. The lowest BCUT2D eigenvalue weighted by atomic mass is 10.0. The molecule has 0 bridgehead atoms. The summed E-state index contributed by atoms with van der Waals surface area (Å²) in [7, 11) is 1.67. The minimum absolute atomic E-state index is 0.351. The lowest BCUT2D eigenvalue weighted by Crippen LogP contribution is -2.37. The van der Waals surface area contributed by atoms with Gasteiger partial charge in [-0.15, -0.1) is 0 Å². The van der Waals surface area contributed by atoms with Crippen molar-refractivity contribution in [3.05, 3.63) is 72.3 Å². The molecule has 3 aromatic carbocycles. The number of nitrogens with zero attached hydrogens (tertiary/aromatic N) is 5. The van der Waals surface area contributed by atoms with Crippen molar-refractivity contribution in [2.45, 2.75) is 0 Å². The Hall–Kier alpha value is -4.24. The van der Waals surface area contributed by atoms with Crippen LogP contribution in [0.1, 0.15) is 5.56 Å². The van der Waals surface area contributed by atoms with E-state index in [-0.39, 0.29) is 0 Å². The van der Waals surface area contributed by atoms with Crippen molar-refractivity contribution in [1.82, 2.24) is 15.0 Å². The maximum atomic E-state index is 5.48. The second-order valence-electron chi connectivity index (χ2n) is 7.65. The summed E-state index contributed by atoms with van der Waals surface area (Å²) in [6, 6.07) is 21.7. The van der Waals surface area contributed by atoms with Gasteiger partial charge in [-0.05, 0) is 29.7 Å². The van der Waals surface area contributed by atoms with Crippen LogP contribution >= 0.6 is 0 Å². The van der Waals surface area contributed by atoms with E-state index in [1.165, 1.54) is 0 Å². The predicted octanol–water partition coefficient (Wildman–Crippen LogP) is 4.06. The van der Waals surface area contributed by atoms with Crippen LogP contribution in [-0.2, 0) is 4.74 Å². The largest absolute Gasteiger partial charge is 0.496 e. The molecular formula is C25H25N7O2. The molecule has 0 aliphatic carbocycles. The molecule has 4 aromatic rings. The third-order valence-electron chi connectivity index (χ3n) is 5.45. The smallest absolute Gasteiger partial charge is 0.250 e. The summed E-state index contributed by atoms with van der Waals surface area (Å²) in [6.07, 6.45) is 1.75. The number of hydrogen-bond acceptors (Lipinski definition) is 9. The monoisotopic (exact) mass is 455 g/mol. The van der Waals surface area contributed by atoms with Gasteiger partial charge in [0.2, 0.25) is 17.8 Å². The fourth-order valence-corrected chi connectivity index (χ4v) is 3.77. The van der Waals surface area contributed by atoms with Gasteiger partial charge in [-0.25, -0.2) is 5.43 Å². The van der Waals surface area contributed by atoms with Crippen LogP contribution < -0.4 is 20.4 Å². The van der Waals surface area contributed by atoms with Gasteiger partial charge in [0.05, 0.1) is 26.5 Å². The fourth-order valence-electron chi connectivity index (χ4n) is 3.77. The molecule has 0 atom stereocenters. The Morgan fingerprint density at radius 1 is 0.882 bits per heavy atom. The first-order chi connectivity index (χ1) is 16.8. The highest BCUT2D eigenvalue weighted by Gasteiger charge is 2.16. The summed E-state index contributed by atoms with van der Waals surface area (Å²) >= 11 is 0. The van der Waals surface area contributed by atoms with E-state index in [1.807, 2.05) is 66.7 Å². The lowest BCUT2D eigenvalue weighted by molar-refractivity contribution is 0.122. The molecule has 0 radical (unpaired) electrons. The van der Waals surface area contributed by atoms with Gasteiger partial charge in [0.25, 0.3) is 0 Å². The molecule has 1 fully saturated rings. The second kappa shape index (κ2) is 10.1. The van der Waals surface area contributed by atoms with E-state index in [0.717, 1.165) is 40.9 Å². The first kappa shape index (κ1) is 21.6. The van der Waals surface area contributed by atoms with E-state index in [2.05, 4.69) is 35.7 Å². The third-order valence-corrected chi connectivity index (χ3v) is 5.45. The van der Waals surface area contributed by atoms with Gasteiger partial charge in [0, 0.05) is 29.7 Å². The number of para-hydroxylation sites is 1. The van der Waals surface area contributed by atoms with Crippen LogP contribution in [0.25, 0.3) is 10.8 Å². The predicted molar refractivity (Wildman–Crippen MR) is 134 cm³/mol. The molecule has 1 aliphatic rings. The van der Waals surface area contributed by atoms with Crippen LogP contribution in [0.15, 0.2) is 71.8 Å². The molecule has 0 unspecified atom stereocenters. The fraction of sp³-hybridized carbons (Fsp3) is 0.200. The molecule has 0 saturated carbocycles. The highest BCUT2D eigenvalue weighted by Crippen LogP contribution is 2.27. The normalized spacial score (nSPS) is 13.9. The zero-order chi connectivity index (χ0) is 23.2. The van der Waals surface area contributed by atoms with Crippen molar-refractivity contribution in [3.8, 4) is 5.75 Å². The van der Waals surface area contributed by atoms with Gasteiger partial charge in [-0.3, -0.25) is 0 Å². The average molecular weight is 456 g/mol. The van der Waals surface area contributed by atoms with Crippen LogP contribution in [-0.4, -0.2) is 54.6 Å². The maximum absolute atomic E-state index is 5.48. The Morgan fingerprint density at radius 3 is 2.41 bits per heavy atom. The molecule has 0 spiro atoms. The number of hydrazone groups is 1. The number of anilines is 4. The van der Waals surface area contributed by atoms with Gasteiger partial charge >= 0.3 is 0 Å². The number of methoxy groups -OCH3 is 1. The van der Waals surface area contributed by atoms with E-state index in [1.54, 1.807) is 13.3 Å². The number of ether oxygens (including phenoxy) is 2. The molecule has 5 rings (SSSR count). The van der Waals surface area contributed by atoms with E-state index in [9.17, 15) is 0 Å². The average Bonchev–Trinajstić information content (AvgIpc) is 2.90. The molecule has 1 aromatic heterocycles. The molecule has 172 valence electrons. The van der Waals surface area contributed by atoms with Gasteiger partial charge < -0.3 is 19.7 Å². The van der Waals surface area contributed by atoms with Gasteiger partial charge in [0.15, 0.2) is 0 Å². The van der Waals surface area contributed by atoms with Crippen LogP contribution in [0, 0.1) is 0 Å². The minimum atomic E-state index is 0.351. The van der Waals surface area contributed by atoms with Crippen LogP contribution in [0.3, 0.4) is 0 Å². The standard InChI is InChI=1S/C25H25N7O2/c1-33-22-12-11-18(20-9-5-6-10-21(20)22)17-26-31-24-28-23(27-19-7-3-2-4-8-19)29-25(30-24)32-13-15-34-16-14-32/h2-12,17H,13-16H2,1H3,(H2,27,28,29,30,31)/b26-17-. The first-order valence-electron chi connectivity index (χ1n) is 11.1. The zero-order valence-electron chi connectivity index (χ0n) is 18.8. The summed E-state index contributed by atoms with van der Waals surface area (Å²) in [6.45, 7) is 2.71. The SMILES string of the molecule is COc1ccc(/C=N\Nc2nc(Nc3ccccc3)nc(N3CCOCC3)n2)c2ccccc12. The van der Waals surface area contributed by atoms with Gasteiger partial charge in [-0.1, -0.05) is 42.5 Å². The molecule has 9 nitrogen and oxygen atoms in total. The molecule has 1 saturated heterocycles. The number of morpholine rings is 1. The number of fused-ring (bicyclic) bond motifs is 1. The van der Waals surface area contributed by atoms with Gasteiger partial charge in [0.1, 0.15) is 5.75 Å². The molecule has 1 aliphatic heterocycles. The second-order valence-corrected chi connectivity index (χ2v) is 7.65. The third kappa shape index (κ3) is 4.89. The summed E-state index contributed by atoms with van der Waals surface area (Å²) in [4.78, 5) is 15.8. The van der Waals surface area contributed by atoms with E-state index >= 15 is 0 Å². The van der Waals surface area contributed by atoms with Crippen LogP contribution in [0.2, 0.25) is 0 Å². The summed E-state index contributed by atoms with van der Waals surface area (Å²) in [5, 5.41) is 9.73. The minimum Gasteiger partial charge on any atom is -0.496 e. The van der Waals surface area contributed by atoms with Crippen molar-refractivity contribution < 1.29 is 9.47 Å². The Morgan fingerprint density at radius 2 is 1.62 bits per heavy atom. The molecule has 34 heavy (non-hydrogen) atoms. The van der Waals surface area contributed by atoms with Crippen molar-refractivity contribution in [3.63, 3.8) is 0 Å². The highest BCUT2D eigenvalue weighted by atomic mass is 16.5. The molecule has 9 heteroatoms. The summed E-state index contributed by atoms with van der Waals surface area (Å²) in [5.74, 6) is 2.19. The Bertz CT molecular complexity index is 1290. The molecule has 2 N–H and O–H groups in total. The molecule has 2 heterocycles. The van der Waals surface area contributed by atoms with Crippen molar-refractivity contribution in [2.75, 3.05) is 49.1 Å². The Labute approximate surface area is 197 Å². The molecule has 0 amide bonds. The van der Waals surface area contributed by atoms with Crippen molar-refractivity contribution in [2.24, 2.45) is 5.10 Å². The topological polar surface area (TPSA) is 96.8 Å². The highest BCUT2D eigenvalue weighted by molar-refractivity contribution is 6.02. The number of hydrogen-bond donors (Lipinski definition) is 2. The van der Waals surface area contributed by atoms with Gasteiger partial charge in [-0.2, -0.15) is 20.1 Å². The van der Waals surface area contributed by atoms with E-state index in [4.69, 9.17) is 9.47 Å². The van der Waals surface area contributed by atoms with Crippen molar-refractivity contribution in [1.29, 1.82) is 0 Å². The Balaban J connectivity index is 1.42. The van der Waals surface area contributed by atoms with Crippen LogP contribution in [0.4, 0.5) is 23.5 Å². The quantitative estimate of drug-likeness (QED) is 0.318. The lowest BCUT2D eigenvalue weighted by Gasteiger charge is -2.27. The summed E-state index contributed by atoms with van der Waals surface area (Å²) in [5.41, 5.74) is 4.81. The number of nitrogens with one attached hydrogen (secondary N) is 2. The zero-order valence-corrected chi connectivity index (χ0v) is 18.8. The maximum Gasteiger partial charge on any atom is 0.250 e. The van der Waals surface area contributed by atoms with Crippen LogP contribution in [0.5, 0.6) is 5.75 Å². The van der Waals surface area contributed by atoms with Crippen molar-refractivity contribution >= 4 is 40.5 Å². The molecular weight excluding hydrogens is 430 g/mol. The number of aromatic nitrogens is 3. The number of benzene rings is 3. The van der Waals surface area contributed by atoms with E-state index in [0.29, 0.717) is 31.1 Å². The summed E-state index contributed by atoms with van der Waals surface area (Å²) < 4.78 is 10.9. The Kier molecular flexibility index (Phi) is 6.44. The van der Waals surface area contributed by atoms with E-state index < -0.39 is 0 Å².